The quantitative estimate of drug-likeness (QED) is 0.868. The van der Waals surface area contributed by atoms with Crippen molar-refractivity contribution in [2.75, 3.05) is 18.4 Å². The molecule has 2 fully saturated rings. The van der Waals surface area contributed by atoms with E-state index in [0.29, 0.717) is 31.1 Å². The van der Waals surface area contributed by atoms with E-state index < -0.39 is 0 Å². The summed E-state index contributed by atoms with van der Waals surface area (Å²) < 4.78 is 10.9. The lowest BCUT2D eigenvalue weighted by Crippen LogP contribution is -2.43. The Kier molecular flexibility index (Phi) is 5.00. The maximum Gasteiger partial charge on any atom is 0.321 e. The van der Waals surface area contributed by atoms with Gasteiger partial charge < -0.3 is 24.7 Å². The normalized spacial score (nSPS) is 21.9. The molecule has 7 nitrogen and oxygen atoms in total. The minimum Gasteiger partial charge on any atom is -0.486 e. The van der Waals surface area contributed by atoms with Gasteiger partial charge in [-0.15, -0.1) is 0 Å². The van der Waals surface area contributed by atoms with E-state index in [1.54, 1.807) is 35.4 Å². The van der Waals surface area contributed by atoms with Gasteiger partial charge in [0.2, 0.25) is 5.91 Å². The van der Waals surface area contributed by atoms with Gasteiger partial charge in [0.1, 0.15) is 18.1 Å². The van der Waals surface area contributed by atoms with Gasteiger partial charge in [-0.2, -0.15) is 0 Å². The summed E-state index contributed by atoms with van der Waals surface area (Å²) in [6.07, 6.45) is 4.40. The molecule has 7 heteroatoms. The highest BCUT2D eigenvalue weighted by Crippen LogP contribution is 2.23. The maximum absolute atomic E-state index is 12.7. The lowest BCUT2D eigenvalue weighted by Gasteiger charge is -2.27. The summed E-state index contributed by atoms with van der Waals surface area (Å²) in [4.78, 5) is 26.5. The SMILES string of the molecule is O=C1NC2CCCC1CN(C(=O)Nc1ccc(OCc3ccco3)cc1)C2. The van der Waals surface area contributed by atoms with Crippen LogP contribution in [0.4, 0.5) is 10.5 Å². The first kappa shape index (κ1) is 17.5. The van der Waals surface area contributed by atoms with Gasteiger partial charge in [0.15, 0.2) is 0 Å². The number of hydrogen-bond donors (Lipinski definition) is 2. The summed E-state index contributed by atoms with van der Waals surface area (Å²) in [6.45, 7) is 1.38. The van der Waals surface area contributed by atoms with Gasteiger partial charge in [0.25, 0.3) is 0 Å². The Morgan fingerprint density at radius 1 is 1.22 bits per heavy atom. The zero-order valence-corrected chi connectivity index (χ0v) is 15.0. The van der Waals surface area contributed by atoms with Crippen molar-refractivity contribution in [2.45, 2.75) is 31.9 Å². The lowest BCUT2D eigenvalue weighted by atomic mass is 9.99. The number of furan rings is 1. The van der Waals surface area contributed by atoms with E-state index in [1.165, 1.54) is 0 Å². The molecule has 1 aromatic carbocycles. The van der Waals surface area contributed by atoms with Crippen molar-refractivity contribution < 1.29 is 18.7 Å². The van der Waals surface area contributed by atoms with Gasteiger partial charge in [-0.25, -0.2) is 4.79 Å². The van der Waals surface area contributed by atoms with E-state index in [1.807, 2.05) is 12.1 Å². The van der Waals surface area contributed by atoms with Crippen LogP contribution in [-0.4, -0.2) is 36.0 Å². The summed E-state index contributed by atoms with van der Waals surface area (Å²) in [5.74, 6) is 1.41. The molecule has 2 aliphatic heterocycles. The number of fused-ring (bicyclic) bond motifs is 3. The van der Waals surface area contributed by atoms with Crippen LogP contribution in [-0.2, 0) is 11.4 Å². The second-order valence-corrected chi connectivity index (χ2v) is 7.06. The third kappa shape index (κ3) is 4.24. The van der Waals surface area contributed by atoms with Crippen LogP contribution in [0.5, 0.6) is 5.75 Å². The summed E-state index contributed by atoms with van der Waals surface area (Å²) in [5, 5.41) is 5.95. The van der Waals surface area contributed by atoms with Crippen molar-refractivity contribution in [1.29, 1.82) is 0 Å². The molecular formula is C20H23N3O4. The fourth-order valence-corrected chi connectivity index (χ4v) is 3.60. The number of likely N-dealkylation sites (tertiary alicyclic amines) is 1. The number of rotatable bonds is 4. The average Bonchev–Trinajstić information content (AvgIpc) is 3.04. The van der Waals surface area contributed by atoms with Gasteiger partial charge >= 0.3 is 6.03 Å². The number of carbonyl (C=O) groups excluding carboxylic acids is 2. The van der Waals surface area contributed by atoms with Crippen LogP contribution in [0.3, 0.4) is 0 Å². The molecule has 2 unspecified atom stereocenters. The van der Waals surface area contributed by atoms with Crippen LogP contribution in [0.15, 0.2) is 47.1 Å². The number of urea groups is 1. The highest BCUT2D eigenvalue weighted by atomic mass is 16.5. The van der Waals surface area contributed by atoms with Crippen LogP contribution >= 0.6 is 0 Å². The minimum atomic E-state index is -0.173. The molecule has 1 aromatic heterocycles. The zero-order chi connectivity index (χ0) is 18.6. The molecule has 142 valence electrons. The fraction of sp³-hybridized carbons (Fsp3) is 0.400. The number of benzene rings is 1. The molecule has 2 aliphatic rings. The molecule has 0 radical (unpaired) electrons. The summed E-state index contributed by atoms with van der Waals surface area (Å²) >= 11 is 0. The average molecular weight is 369 g/mol. The molecule has 2 saturated heterocycles. The van der Waals surface area contributed by atoms with Gasteiger partial charge in [-0.1, -0.05) is 6.42 Å². The summed E-state index contributed by atoms with van der Waals surface area (Å²) in [7, 11) is 0. The zero-order valence-electron chi connectivity index (χ0n) is 15.0. The molecular weight excluding hydrogens is 346 g/mol. The molecule has 0 aliphatic carbocycles. The number of hydrogen-bond acceptors (Lipinski definition) is 4. The Morgan fingerprint density at radius 2 is 2.07 bits per heavy atom. The molecule has 2 aromatic rings. The smallest absolute Gasteiger partial charge is 0.321 e. The van der Waals surface area contributed by atoms with Crippen molar-refractivity contribution in [3.05, 3.63) is 48.4 Å². The summed E-state index contributed by atoms with van der Waals surface area (Å²) in [6, 6.07) is 10.8. The minimum absolute atomic E-state index is 0.0492. The van der Waals surface area contributed by atoms with E-state index in [0.717, 1.165) is 25.0 Å². The Bertz CT molecular complexity index is 788. The highest BCUT2D eigenvalue weighted by molar-refractivity contribution is 5.90. The van der Waals surface area contributed by atoms with E-state index in [9.17, 15) is 9.59 Å². The van der Waals surface area contributed by atoms with Gasteiger partial charge in [0.05, 0.1) is 12.2 Å². The van der Waals surface area contributed by atoms with Crippen molar-refractivity contribution in [2.24, 2.45) is 5.92 Å². The molecule has 4 rings (SSSR count). The van der Waals surface area contributed by atoms with Crippen LogP contribution in [0, 0.1) is 5.92 Å². The van der Waals surface area contributed by atoms with Crippen molar-refractivity contribution in [3.8, 4) is 5.75 Å². The van der Waals surface area contributed by atoms with Gasteiger partial charge in [-0.05, 0) is 49.2 Å². The Hall–Kier alpha value is -2.96. The Labute approximate surface area is 157 Å². The molecule has 2 N–H and O–H groups in total. The van der Waals surface area contributed by atoms with Crippen molar-refractivity contribution in [1.82, 2.24) is 10.2 Å². The lowest BCUT2D eigenvalue weighted by molar-refractivity contribution is -0.124. The number of nitrogens with zero attached hydrogens (tertiary/aromatic N) is 1. The second kappa shape index (κ2) is 7.73. The molecule has 27 heavy (non-hydrogen) atoms. The van der Waals surface area contributed by atoms with Gasteiger partial charge in [0, 0.05) is 24.8 Å². The molecule has 3 amide bonds. The molecule has 0 saturated carbocycles. The Morgan fingerprint density at radius 3 is 2.85 bits per heavy atom. The van der Waals surface area contributed by atoms with E-state index in [-0.39, 0.29) is 23.9 Å². The first-order valence-electron chi connectivity index (χ1n) is 9.29. The van der Waals surface area contributed by atoms with Crippen LogP contribution in [0.1, 0.15) is 25.0 Å². The van der Waals surface area contributed by atoms with Crippen molar-refractivity contribution in [3.63, 3.8) is 0 Å². The van der Waals surface area contributed by atoms with E-state index in [4.69, 9.17) is 9.15 Å². The van der Waals surface area contributed by atoms with E-state index in [2.05, 4.69) is 10.6 Å². The number of anilines is 1. The van der Waals surface area contributed by atoms with Crippen LogP contribution in [0.2, 0.25) is 0 Å². The second-order valence-electron chi connectivity index (χ2n) is 7.06. The fourth-order valence-electron chi connectivity index (χ4n) is 3.60. The number of nitrogens with one attached hydrogen (secondary N) is 2. The number of ether oxygens (including phenoxy) is 1. The molecule has 0 spiro atoms. The van der Waals surface area contributed by atoms with Crippen molar-refractivity contribution >= 4 is 17.6 Å². The predicted molar refractivity (Wildman–Crippen MR) is 99.3 cm³/mol. The topological polar surface area (TPSA) is 83.8 Å². The number of carbonyl (C=O) groups is 2. The van der Waals surface area contributed by atoms with E-state index >= 15 is 0 Å². The molecule has 2 atom stereocenters. The van der Waals surface area contributed by atoms with Crippen LogP contribution in [0.25, 0.3) is 0 Å². The largest absolute Gasteiger partial charge is 0.486 e. The van der Waals surface area contributed by atoms with Crippen LogP contribution < -0.4 is 15.4 Å². The highest BCUT2D eigenvalue weighted by Gasteiger charge is 2.34. The third-order valence-electron chi connectivity index (χ3n) is 5.06. The number of amides is 3. The maximum atomic E-state index is 12.7. The predicted octanol–water partition coefficient (Wildman–Crippen LogP) is 2.99. The summed E-state index contributed by atoms with van der Waals surface area (Å²) in [5.41, 5.74) is 0.694. The Balaban J connectivity index is 1.34. The molecule has 3 heterocycles. The first-order valence-corrected chi connectivity index (χ1v) is 9.29. The standard InChI is InChI=1S/C20H23N3O4/c24-19-14-3-1-4-16(21-19)12-23(11-14)20(25)22-15-6-8-17(9-7-15)27-13-18-5-2-10-26-18/h2,5-10,14,16H,1,3-4,11-13H2,(H,21,24)(H,22,25). The monoisotopic (exact) mass is 369 g/mol. The molecule has 2 bridgehead atoms. The third-order valence-corrected chi connectivity index (χ3v) is 5.06. The van der Waals surface area contributed by atoms with Gasteiger partial charge in [-0.3, -0.25) is 4.79 Å². The first-order chi connectivity index (χ1) is 13.2.